The number of hydrogen-bond donors (Lipinski definition) is 1. The summed E-state index contributed by atoms with van der Waals surface area (Å²) in [6.07, 6.45) is 1.71. The number of nitrogens with zero attached hydrogens (tertiary/aromatic N) is 3. The van der Waals surface area contributed by atoms with Gasteiger partial charge in [-0.1, -0.05) is 30.0 Å². The van der Waals surface area contributed by atoms with Crippen LogP contribution >= 0.6 is 11.8 Å². The molecule has 1 aromatic carbocycles. The van der Waals surface area contributed by atoms with Gasteiger partial charge in [-0.3, -0.25) is 9.59 Å². The quantitative estimate of drug-likeness (QED) is 0.540. The van der Waals surface area contributed by atoms with Crippen molar-refractivity contribution in [3.8, 4) is 5.82 Å². The number of para-hydroxylation sites is 1. The molecule has 2 aromatic heterocycles. The molecule has 1 amide bonds. The number of hydrogen-bond acceptors (Lipinski definition) is 5. The summed E-state index contributed by atoms with van der Waals surface area (Å²) in [5, 5.41) is 3.50. The van der Waals surface area contributed by atoms with Gasteiger partial charge >= 0.3 is 0 Å². The molecule has 28 heavy (non-hydrogen) atoms. The van der Waals surface area contributed by atoms with Gasteiger partial charge in [0, 0.05) is 11.7 Å². The molecule has 1 unspecified atom stereocenters. The zero-order chi connectivity index (χ0) is 20.5. The van der Waals surface area contributed by atoms with Gasteiger partial charge in [0.2, 0.25) is 5.91 Å². The number of amides is 1. The van der Waals surface area contributed by atoms with Crippen molar-refractivity contribution in [2.24, 2.45) is 0 Å². The van der Waals surface area contributed by atoms with E-state index in [0.29, 0.717) is 21.9 Å². The monoisotopic (exact) mass is 396 g/mol. The summed E-state index contributed by atoms with van der Waals surface area (Å²) in [6.45, 7) is 9.54. The molecule has 0 radical (unpaired) electrons. The average molecular weight is 397 g/mol. The maximum absolute atomic E-state index is 13.2. The molecule has 0 saturated heterocycles. The van der Waals surface area contributed by atoms with E-state index >= 15 is 0 Å². The average Bonchev–Trinajstić information content (AvgIpc) is 2.62. The minimum atomic E-state index is -0.427. The summed E-state index contributed by atoms with van der Waals surface area (Å²) in [5.41, 5.74) is 1.06. The normalized spacial score (nSPS) is 12.8. The molecule has 0 spiro atoms. The lowest BCUT2D eigenvalue weighted by Gasteiger charge is -2.23. The number of carbonyl (C=O) groups is 1. The number of pyridine rings is 1. The number of benzene rings is 1. The first-order valence-electron chi connectivity index (χ1n) is 9.09. The van der Waals surface area contributed by atoms with Crippen molar-refractivity contribution >= 4 is 28.6 Å². The molecule has 0 aliphatic heterocycles. The minimum Gasteiger partial charge on any atom is -0.351 e. The Morgan fingerprint density at radius 1 is 1.18 bits per heavy atom. The SMILES string of the molecule is Cc1ccc(-n2c(SC(C)C(=O)NC(C)(C)C)nc3ccccc3c2=O)nc1. The van der Waals surface area contributed by atoms with Gasteiger partial charge in [-0.05, 0) is 58.4 Å². The van der Waals surface area contributed by atoms with Crippen molar-refractivity contribution in [2.45, 2.75) is 50.6 Å². The van der Waals surface area contributed by atoms with E-state index in [2.05, 4.69) is 15.3 Å². The first-order valence-corrected chi connectivity index (χ1v) is 9.97. The third-order valence-corrected chi connectivity index (χ3v) is 5.07. The zero-order valence-corrected chi connectivity index (χ0v) is 17.5. The Hall–Kier alpha value is -2.67. The number of thioether (sulfide) groups is 1. The van der Waals surface area contributed by atoms with Gasteiger partial charge in [-0.2, -0.15) is 0 Å². The van der Waals surface area contributed by atoms with Crippen molar-refractivity contribution < 1.29 is 4.79 Å². The summed E-state index contributed by atoms with van der Waals surface area (Å²) in [6, 6.07) is 10.9. The van der Waals surface area contributed by atoms with Crippen molar-refractivity contribution in [3.05, 3.63) is 58.5 Å². The smallest absolute Gasteiger partial charge is 0.267 e. The van der Waals surface area contributed by atoms with Crippen LogP contribution in [0.1, 0.15) is 33.3 Å². The molecular weight excluding hydrogens is 372 g/mol. The minimum absolute atomic E-state index is 0.108. The molecular formula is C21H24N4O2S. The molecule has 3 rings (SSSR count). The highest BCUT2D eigenvalue weighted by atomic mass is 32.2. The number of carbonyl (C=O) groups excluding carboxylic acids is 1. The molecule has 0 bridgehead atoms. The van der Waals surface area contributed by atoms with Crippen LogP contribution in [0.15, 0.2) is 52.5 Å². The summed E-state index contributed by atoms with van der Waals surface area (Å²) in [5.74, 6) is 0.378. The molecule has 1 N–H and O–H groups in total. The maximum atomic E-state index is 13.2. The molecule has 1 atom stereocenters. The van der Waals surface area contributed by atoms with Gasteiger partial charge in [-0.25, -0.2) is 14.5 Å². The van der Waals surface area contributed by atoms with Crippen LogP contribution < -0.4 is 10.9 Å². The number of aromatic nitrogens is 3. The van der Waals surface area contributed by atoms with Crippen LogP contribution in [0.3, 0.4) is 0 Å². The van der Waals surface area contributed by atoms with Crippen LogP contribution in [0.5, 0.6) is 0 Å². The number of rotatable bonds is 4. The number of nitrogens with one attached hydrogen (secondary N) is 1. The highest BCUT2D eigenvalue weighted by molar-refractivity contribution is 8.00. The molecule has 7 heteroatoms. The summed E-state index contributed by atoms with van der Waals surface area (Å²) in [4.78, 5) is 34.8. The summed E-state index contributed by atoms with van der Waals surface area (Å²) in [7, 11) is 0. The molecule has 2 heterocycles. The fourth-order valence-corrected chi connectivity index (χ4v) is 3.58. The highest BCUT2D eigenvalue weighted by Gasteiger charge is 2.23. The lowest BCUT2D eigenvalue weighted by atomic mass is 10.1. The largest absolute Gasteiger partial charge is 0.351 e. The maximum Gasteiger partial charge on any atom is 0.267 e. The first-order chi connectivity index (χ1) is 13.2. The van der Waals surface area contributed by atoms with Crippen molar-refractivity contribution in [1.29, 1.82) is 0 Å². The van der Waals surface area contributed by atoms with E-state index in [9.17, 15) is 9.59 Å². The van der Waals surface area contributed by atoms with E-state index < -0.39 is 5.25 Å². The van der Waals surface area contributed by atoms with Crippen LogP contribution in [-0.2, 0) is 4.79 Å². The number of aryl methyl sites for hydroxylation is 1. The van der Waals surface area contributed by atoms with Gasteiger partial charge in [0.25, 0.3) is 5.56 Å². The van der Waals surface area contributed by atoms with E-state index in [0.717, 1.165) is 5.56 Å². The third-order valence-electron chi connectivity index (χ3n) is 4.02. The first kappa shape index (κ1) is 20.1. The predicted octanol–water partition coefficient (Wildman–Crippen LogP) is 3.48. The Morgan fingerprint density at radius 3 is 2.54 bits per heavy atom. The van der Waals surface area contributed by atoms with E-state index in [1.807, 2.05) is 45.9 Å². The lowest BCUT2D eigenvalue weighted by Crippen LogP contribution is -2.44. The second-order valence-electron chi connectivity index (χ2n) is 7.75. The summed E-state index contributed by atoms with van der Waals surface area (Å²) < 4.78 is 1.48. The van der Waals surface area contributed by atoms with Crippen LogP contribution in [0.2, 0.25) is 0 Å². The predicted molar refractivity (Wildman–Crippen MR) is 113 cm³/mol. The van der Waals surface area contributed by atoms with Crippen molar-refractivity contribution in [2.75, 3.05) is 0 Å². The molecule has 0 aliphatic carbocycles. The molecule has 3 aromatic rings. The second-order valence-corrected chi connectivity index (χ2v) is 9.05. The Kier molecular flexibility index (Phi) is 5.56. The lowest BCUT2D eigenvalue weighted by molar-refractivity contribution is -0.121. The van der Waals surface area contributed by atoms with Gasteiger partial charge in [0.1, 0.15) is 5.82 Å². The standard InChI is InChI=1S/C21H24N4O2S/c1-13-10-11-17(22-12-13)25-19(27)15-8-6-7-9-16(15)23-20(25)28-14(2)18(26)24-21(3,4)5/h6-12,14H,1-5H3,(H,24,26). The van der Waals surface area contributed by atoms with Crippen molar-refractivity contribution in [3.63, 3.8) is 0 Å². The topological polar surface area (TPSA) is 76.9 Å². The molecule has 0 fully saturated rings. The van der Waals surface area contributed by atoms with Gasteiger partial charge in [-0.15, -0.1) is 0 Å². The van der Waals surface area contributed by atoms with E-state index in [1.54, 1.807) is 31.3 Å². The third kappa shape index (κ3) is 4.42. The second kappa shape index (κ2) is 7.75. The Morgan fingerprint density at radius 2 is 1.89 bits per heavy atom. The fraction of sp³-hybridized carbons (Fsp3) is 0.333. The Labute approximate surface area is 168 Å². The van der Waals surface area contributed by atoms with E-state index in [-0.39, 0.29) is 17.0 Å². The fourth-order valence-electron chi connectivity index (χ4n) is 2.67. The van der Waals surface area contributed by atoms with Crippen LogP contribution in [0, 0.1) is 6.92 Å². The van der Waals surface area contributed by atoms with Gasteiger partial charge in [0.15, 0.2) is 5.16 Å². The van der Waals surface area contributed by atoms with Gasteiger partial charge < -0.3 is 5.32 Å². The zero-order valence-electron chi connectivity index (χ0n) is 16.7. The Balaban J connectivity index is 2.10. The Bertz CT molecular complexity index is 1070. The van der Waals surface area contributed by atoms with Gasteiger partial charge in [0.05, 0.1) is 16.2 Å². The molecule has 0 aliphatic rings. The van der Waals surface area contributed by atoms with E-state index in [4.69, 9.17) is 0 Å². The molecule has 0 saturated carbocycles. The van der Waals surface area contributed by atoms with Crippen LogP contribution in [0.4, 0.5) is 0 Å². The summed E-state index contributed by atoms with van der Waals surface area (Å²) >= 11 is 1.25. The number of fused-ring (bicyclic) bond motifs is 1. The molecule has 146 valence electrons. The van der Waals surface area contributed by atoms with Crippen LogP contribution in [-0.4, -0.2) is 31.2 Å². The van der Waals surface area contributed by atoms with Crippen LogP contribution in [0.25, 0.3) is 16.7 Å². The van der Waals surface area contributed by atoms with E-state index in [1.165, 1.54) is 16.3 Å². The van der Waals surface area contributed by atoms with Crippen molar-refractivity contribution in [1.82, 2.24) is 19.9 Å². The molecule has 6 nitrogen and oxygen atoms in total. The highest BCUT2D eigenvalue weighted by Crippen LogP contribution is 2.25.